The van der Waals surface area contributed by atoms with Crippen LogP contribution in [0, 0.1) is 6.92 Å². The predicted molar refractivity (Wildman–Crippen MR) is 94.6 cm³/mol. The zero-order chi connectivity index (χ0) is 17.4. The molecule has 24 heavy (non-hydrogen) atoms. The van der Waals surface area contributed by atoms with Crippen molar-refractivity contribution in [2.24, 2.45) is 0 Å². The second kappa shape index (κ2) is 6.77. The molecule has 1 aromatic rings. The minimum Gasteiger partial charge on any atom is -0.309 e. The van der Waals surface area contributed by atoms with E-state index in [9.17, 15) is 16.8 Å². The first-order valence-corrected chi connectivity index (χ1v) is 11.9. The van der Waals surface area contributed by atoms with Crippen molar-refractivity contribution in [2.75, 3.05) is 11.5 Å². The van der Waals surface area contributed by atoms with Crippen molar-refractivity contribution in [3.63, 3.8) is 0 Å². The van der Waals surface area contributed by atoms with E-state index in [1.807, 2.05) is 6.92 Å². The lowest BCUT2D eigenvalue weighted by Gasteiger charge is -2.28. The van der Waals surface area contributed by atoms with E-state index in [0.29, 0.717) is 0 Å². The zero-order valence-electron chi connectivity index (χ0n) is 13.9. The van der Waals surface area contributed by atoms with E-state index in [4.69, 9.17) is 0 Å². The maximum absolute atomic E-state index is 13.0. The molecular formula is C17H25NO4S2. The van der Waals surface area contributed by atoms with E-state index in [2.05, 4.69) is 5.32 Å². The number of rotatable bonds is 4. The summed E-state index contributed by atoms with van der Waals surface area (Å²) in [4.78, 5) is 0.214. The van der Waals surface area contributed by atoms with E-state index in [1.54, 1.807) is 24.3 Å². The smallest absolute Gasteiger partial charge is 0.183 e. The van der Waals surface area contributed by atoms with Crippen LogP contribution >= 0.6 is 0 Å². The number of nitrogens with one attached hydrogen (secondary N) is 1. The van der Waals surface area contributed by atoms with Crippen LogP contribution in [0.3, 0.4) is 0 Å². The van der Waals surface area contributed by atoms with Gasteiger partial charge in [0.1, 0.15) is 0 Å². The summed E-state index contributed by atoms with van der Waals surface area (Å²) in [7, 11) is -7.00. The van der Waals surface area contributed by atoms with E-state index in [0.717, 1.165) is 31.2 Å². The van der Waals surface area contributed by atoms with Gasteiger partial charge in [0.2, 0.25) is 0 Å². The molecule has 1 heterocycles. The van der Waals surface area contributed by atoms with E-state index in [-0.39, 0.29) is 22.4 Å². The lowest BCUT2D eigenvalue weighted by molar-refractivity contribution is 0.345. The van der Waals surface area contributed by atoms with Crippen LogP contribution in [0.1, 0.15) is 37.7 Å². The summed E-state index contributed by atoms with van der Waals surface area (Å²) in [5.74, 6) is -0.368. The summed E-state index contributed by atoms with van der Waals surface area (Å²) in [6.07, 6.45) is 5.42. The Labute approximate surface area is 144 Å². The Kier molecular flexibility index (Phi) is 5.04. The van der Waals surface area contributed by atoms with Gasteiger partial charge in [-0.3, -0.25) is 0 Å². The molecule has 1 saturated carbocycles. The highest BCUT2D eigenvalue weighted by atomic mass is 32.2. The van der Waals surface area contributed by atoms with Crippen molar-refractivity contribution < 1.29 is 16.8 Å². The largest absolute Gasteiger partial charge is 0.309 e. The van der Waals surface area contributed by atoms with E-state index >= 15 is 0 Å². The molecule has 0 bridgehead atoms. The third kappa shape index (κ3) is 3.83. The molecule has 2 fully saturated rings. The molecule has 2 atom stereocenters. The molecule has 0 spiro atoms. The minimum atomic E-state index is -3.67. The van der Waals surface area contributed by atoms with Crippen LogP contribution < -0.4 is 5.32 Å². The molecule has 7 heteroatoms. The van der Waals surface area contributed by atoms with Gasteiger partial charge in [-0.05, 0) is 31.9 Å². The highest BCUT2D eigenvalue weighted by Gasteiger charge is 2.46. The summed E-state index contributed by atoms with van der Waals surface area (Å²) >= 11 is 0. The number of benzene rings is 1. The summed E-state index contributed by atoms with van der Waals surface area (Å²) in [6.45, 7) is 1.89. The standard InChI is InChI=1S/C17H25NO4S2/c1-13-7-9-15(10-8-13)24(21,22)17-12-23(19,20)11-16(17)18-14-5-3-2-4-6-14/h7-10,14,16-18H,2-6,11-12H2,1H3. The fourth-order valence-electron chi connectivity index (χ4n) is 3.75. The normalized spacial score (nSPS) is 28.0. The van der Waals surface area contributed by atoms with Crippen LogP contribution in [0.15, 0.2) is 29.2 Å². The van der Waals surface area contributed by atoms with Gasteiger partial charge >= 0.3 is 0 Å². The molecule has 1 aliphatic carbocycles. The fourth-order valence-corrected chi connectivity index (χ4v) is 8.43. The Hall–Kier alpha value is -0.920. The topological polar surface area (TPSA) is 80.3 Å². The summed E-state index contributed by atoms with van der Waals surface area (Å²) in [6, 6.07) is 6.37. The monoisotopic (exact) mass is 371 g/mol. The fraction of sp³-hybridized carbons (Fsp3) is 0.647. The number of sulfone groups is 2. The lowest BCUT2D eigenvalue weighted by Crippen LogP contribution is -2.48. The van der Waals surface area contributed by atoms with Crippen LogP contribution in [-0.4, -0.2) is 45.7 Å². The van der Waals surface area contributed by atoms with Crippen LogP contribution in [0.4, 0.5) is 0 Å². The maximum Gasteiger partial charge on any atom is 0.183 e. The summed E-state index contributed by atoms with van der Waals surface area (Å²) in [5, 5.41) is 2.46. The van der Waals surface area contributed by atoms with Crippen molar-refractivity contribution in [2.45, 2.75) is 61.3 Å². The number of hydrogen-bond acceptors (Lipinski definition) is 5. The molecular weight excluding hydrogens is 346 g/mol. The van der Waals surface area contributed by atoms with Gasteiger partial charge < -0.3 is 5.32 Å². The van der Waals surface area contributed by atoms with Gasteiger partial charge in [0.15, 0.2) is 19.7 Å². The Bertz CT molecular complexity index is 778. The van der Waals surface area contributed by atoms with Gasteiger partial charge in [-0.15, -0.1) is 0 Å². The van der Waals surface area contributed by atoms with Gasteiger partial charge in [-0.25, -0.2) is 16.8 Å². The third-order valence-electron chi connectivity index (χ3n) is 5.10. The molecule has 3 rings (SSSR count). The first kappa shape index (κ1) is 17.9. The van der Waals surface area contributed by atoms with Crippen molar-refractivity contribution in [3.8, 4) is 0 Å². The molecule has 0 amide bonds. The molecule has 0 radical (unpaired) electrons. The molecule has 134 valence electrons. The Morgan fingerprint density at radius 2 is 1.62 bits per heavy atom. The molecule has 5 nitrogen and oxygen atoms in total. The number of hydrogen-bond donors (Lipinski definition) is 1. The average Bonchev–Trinajstić information content (AvgIpc) is 2.84. The van der Waals surface area contributed by atoms with Crippen molar-refractivity contribution in [1.29, 1.82) is 0 Å². The second-order valence-electron chi connectivity index (χ2n) is 7.08. The second-order valence-corrected chi connectivity index (χ2v) is 11.4. The number of aryl methyl sites for hydroxylation is 1. The molecule has 1 aliphatic heterocycles. The molecule has 2 aliphatic rings. The average molecular weight is 372 g/mol. The molecule has 0 aromatic heterocycles. The highest BCUT2D eigenvalue weighted by Crippen LogP contribution is 2.28. The molecule has 1 saturated heterocycles. The van der Waals surface area contributed by atoms with Crippen molar-refractivity contribution in [1.82, 2.24) is 5.32 Å². The Balaban J connectivity index is 1.86. The van der Waals surface area contributed by atoms with Crippen LogP contribution in [0.25, 0.3) is 0 Å². The van der Waals surface area contributed by atoms with Gasteiger partial charge in [-0.1, -0.05) is 37.0 Å². The molecule has 1 N–H and O–H groups in total. The first-order valence-electron chi connectivity index (χ1n) is 8.55. The maximum atomic E-state index is 13.0. The first-order chi connectivity index (χ1) is 11.3. The van der Waals surface area contributed by atoms with Gasteiger partial charge in [0, 0.05) is 12.1 Å². The quantitative estimate of drug-likeness (QED) is 0.874. The van der Waals surface area contributed by atoms with Crippen LogP contribution in [-0.2, 0) is 19.7 Å². The lowest BCUT2D eigenvalue weighted by atomic mass is 9.95. The van der Waals surface area contributed by atoms with Crippen molar-refractivity contribution >= 4 is 19.7 Å². The van der Waals surface area contributed by atoms with Crippen LogP contribution in [0.2, 0.25) is 0 Å². The predicted octanol–water partition coefficient (Wildman–Crippen LogP) is 1.86. The van der Waals surface area contributed by atoms with E-state index in [1.165, 1.54) is 6.42 Å². The summed E-state index contributed by atoms with van der Waals surface area (Å²) in [5.41, 5.74) is 0.977. The highest BCUT2D eigenvalue weighted by molar-refractivity contribution is 7.96. The van der Waals surface area contributed by atoms with Gasteiger partial charge in [0.05, 0.1) is 21.7 Å². The van der Waals surface area contributed by atoms with Crippen molar-refractivity contribution in [3.05, 3.63) is 29.8 Å². The SMILES string of the molecule is Cc1ccc(S(=O)(=O)C2CS(=O)(=O)CC2NC2CCCCC2)cc1. The molecule has 1 aromatic carbocycles. The Morgan fingerprint density at radius 1 is 1.00 bits per heavy atom. The summed E-state index contributed by atoms with van der Waals surface area (Å²) < 4.78 is 50.2. The van der Waals surface area contributed by atoms with Gasteiger partial charge in [0.25, 0.3) is 0 Å². The van der Waals surface area contributed by atoms with Crippen LogP contribution in [0.5, 0.6) is 0 Å². The Morgan fingerprint density at radius 3 is 2.25 bits per heavy atom. The van der Waals surface area contributed by atoms with Gasteiger partial charge in [-0.2, -0.15) is 0 Å². The van der Waals surface area contributed by atoms with E-state index < -0.39 is 31.0 Å². The molecule has 2 unspecified atom stereocenters. The minimum absolute atomic E-state index is 0.0841. The third-order valence-corrected chi connectivity index (χ3v) is 9.27. The zero-order valence-corrected chi connectivity index (χ0v) is 15.6.